The van der Waals surface area contributed by atoms with Crippen LogP contribution in [0.15, 0.2) is 34.8 Å². The zero-order valence-corrected chi connectivity index (χ0v) is 14.1. The maximum Gasteiger partial charge on any atom is 0.229 e. The SMILES string of the molecule is Cc1cc(NCCN(C)C)nc(Nc2ccc(Br)cc2)n1. The highest BCUT2D eigenvalue weighted by Gasteiger charge is 2.03. The molecule has 0 amide bonds. The minimum atomic E-state index is 0.602. The highest BCUT2D eigenvalue weighted by molar-refractivity contribution is 9.10. The number of nitrogens with zero attached hydrogens (tertiary/aromatic N) is 3. The number of likely N-dealkylation sites (N-methyl/N-ethyl adjacent to an activating group) is 1. The summed E-state index contributed by atoms with van der Waals surface area (Å²) in [6, 6.07) is 9.87. The fourth-order valence-electron chi connectivity index (χ4n) is 1.78. The Morgan fingerprint density at radius 2 is 1.86 bits per heavy atom. The second-order valence-electron chi connectivity index (χ2n) is 5.08. The number of hydrogen-bond acceptors (Lipinski definition) is 5. The topological polar surface area (TPSA) is 53.1 Å². The first-order valence-electron chi connectivity index (χ1n) is 6.80. The number of nitrogens with one attached hydrogen (secondary N) is 2. The highest BCUT2D eigenvalue weighted by atomic mass is 79.9. The molecule has 0 fully saturated rings. The van der Waals surface area contributed by atoms with Crippen LogP contribution in [0.1, 0.15) is 5.69 Å². The van der Waals surface area contributed by atoms with E-state index in [9.17, 15) is 0 Å². The molecule has 112 valence electrons. The van der Waals surface area contributed by atoms with Gasteiger partial charge in [0.25, 0.3) is 0 Å². The van der Waals surface area contributed by atoms with Gasteiger partial charge in [0, 0.05) is 35.0 Å². The zero-order chi connectivity index (χ0) is 15.2. The van der Waals surface area contributed by atoms with Crippen molar-refractivity contribution in [1.29, 1.82) is 0 Å². The van der Waals surface area contributed by atoms with Crippen molar-refractivity contribution in [3.63, 3.8) is 0 Å². The molecule has 0 saturated carbocycles. The Balaban J connectivity index is 2.05. The van der Waals surface area contributed by atoms with E-state index in [1.54, 1.807) is 0 Å². The molecule has 0 radical (unpaired) electrons. The Morgan fingerprint density at radius 1 is 1.14 bits per heavy atom. The second-order valence-corrected chi connectivity index (χ2v) is 6.00. The lowest BCUT2D eigenvalue weighted by Gasteiger charge is -2.12. The predicted octanol–water partition coefficient (Wildman–Crippen LogP) is 3.26. The summed E-state index contributed by atoms with van der Waals surface area (Å²) in [5.74, 6) is 1.44. The molecule has 2 aromatic rings. The Labute approximate surface area is 133 Å². The molecule has 2 N–H and O–H groups in total. The third-order valence-electron chi connectivity index (χ3n) is 2.82. The van der Waals surface area contributed by atoms with E-state index in [-0.39, 0.29) is 0 Å². The summed E-state index contributed by atoms with van der Waals surface area (Å²) >= 11 is 3.42. The van der Waals surface area contributed by atoms with Crippen molar-refractivity contribution in [1.82, 2.24) is 14.9 Å². The lowest BCUT2D eigenvalue weighted by molar-refractivity contribution is 0.425. The number of halogens is 1. The molecule has 0 saturated heterocycles. The number of anilines is 3. The van der Waals surface area contributed by atoms with Crippen LogP contribution >= 0.6 is 15.9 Å². The van der Waals surface area contributed by atoms with Gasteiger partial charge >= 0.3 is 0 Å². The van der Waals surface area contributed by atoms with Crippen molar-refractivity contribution in [2.75, 3.05) is 37.8 Å². The Bertz CT molecular complexity index is 583. The summed E-state index contributed by atoms with van der Waals surface area (Å²) in [6.45, 7) is 3.77. The first kappa shape index (κ1) is 15.7. The van der Waals surface area contributed by atoms with Gasteiger partial charge in [-0.05, 0) is 45.3 Å². The monoisotopic (exact) mass is 349 g/mol. The average Bonchev–Trinajstić information content (AvgIpc) is 2.40. The van der Waals surface area contributed by atoms with E-state index in [1.807, 2.05) is 51.4 Å². The highest BCUT2D eigenvalue weighted by Crippen LogP contribution is 2.18. The molecule has 0 aliphatic heterocycles. The Morgan fingerprint density at radius 3 is 2.52 bits per heavy atom. The van der Waals surface area contributed by atoms with Gasteiger partial charge < -0.3 is 15.5 Å². The van der Waals surface area contributed by atoms with Crippen molar-refractivity contribution in [2.45, 2.75) is 6.92 Å². The van der Waals surface area contributed by atoms with Crippen molar-refractivity contribution < 1.29 is 0 Å². The van der Waals surface area contributed by atoms with E-state index in [1.165, 1.54) is 0 Å². The van der Waals surface area contributed by atoms with Crippen LogP contribution in [-0.4, -0.2) is 42.1 Å². The van der Waals surface area contributed by atoms with Gasteiger partial charge in [-0.15, -0.1) is 0 Å². The van der Waals surface area contributed by atoms with Crippen LogP contribution in [-0.2, 0) is 0 Å². The van der Waals surface area contributed by atoms with Gasteiger partial charge in [-0.2, -0.15) is 4.98 Å². The largest absolute Gasteiger partial charge is 0.369 e. The minimum Gasteiger partial charge on any atom is -0.369 e. The first-order valence-corrected chi connectivity index (χ1v) is 7.59. The van der Waals surface area contributed by atoms with Crippen molar-refractivity contribution in [3.8, 4) is 0 Å². The molecular formula is C15H20BrN5. The molecule has 2 rings (SSSR count). The number of hydrogen-bond donors (Lipinski definition) is 2. The molecule has 0 unspecified atom stereocenters. The maximum absolute atomic E-state index is 4.48. The fraction of sp³-hybridized carbons (Fsp3) is 0.333. The van der Waals surface area contributed by atoms with Gasteiger partial charge in [-0.3, -0.25) is 0 Å². The number of aryl methyl sites for hydroxylation is 1. The molecule has 1 aromatic heterocycles. The summed E-state index contributed by atoms with van der Waals surface area (Å²) in [4.78, 5) is 11.0. The smallest absolute Gasteiger partial charge is 0.229 e. The molecule has 0 aliphatic rings. The van der Waals surface area contributed by atoms with Crippen molar-refractivity contribution in [3.05, 3.63) is 40.5 Å². The molecular weight excluding hydrogens is 330 g/mol. The van der Waals surface area contributed by atoms with E-state index >= 15 is 0 Å². The Hall–Kier alpha value is -1.66. The third-order valence-corrected chi connectivity index (χ3v) is 3.35. The number of rotatable bonds is 6. The number of benzene rings is 1. The van der Waals surface area contributed by atoms with Gasteiger partial charge in [0.2, 0.25) is 5.95 Å². The summed E-state index contributed by atoms with van der Waals surface area (Å²) in [5, 5.41) is 6.53. The Kier molecular flexibility index (Phi) is 5.52. The minimum absolute atomic E-state index is 0.602. The van der Waals surface area contributed by atoms with E-state index < -0.39 is 0 Å². The zero-order valence-electron chi connectivity index (χ0n) is 12.5. The van der Waals surface area contributed by atoms with E-state index in [0.29, 0.717) is 5.95 Å². The molecule has 0 aliphatic carbocycles. The first-order chi connectivity index (χ1) is 10.0. The van der Waals surface area contributed by atoms with Gasteiger partial charge in [0.15, 0.2) is 0 Å². The van der Waals surface area contributed by atoms with Crippen LogP contribution in [0.2, 0.25) is 0 Å². The van der Waals surface area contributed by atoms with Crippen molar-refractivity contribution >= 4 is 33.4 Å². The molecule has 0 atom stereocenters. The summed E-state index contributed by atoms with van der Waals surface area (Å²) in [5.41, 5.74) is 1.89. The molecule has 0 bridgehead atoms. The van der Waals surface area contributed by atoms with E-state index in [2.05, 4.69) is 41.4 Å². The molecule has 0 spiro atoms. The quantitative estimate of drug-likeness (QED) is 0.838. The van der Waals surface area contributed by atoms with Crippen LogP contribution in [0.5, 0.6) is 0 Å². The average molecular weight is 350 g/mol. The molecule has 6 heteroatoms. The molecule has 21 heavy (non-hydrogen) atoms. The summed E-state index contributed by atoms with van der Waals surface area (Å²) in [7, 11) is 4.10. The van der Waals surface area contributed by atoms with Gasteiger partial charge in [0.1, 0.15) is 5.82 Å². The normalized spacial score (nSPS) is 10.7. The second kappa shape index (κ2) is 7.38. The lowest BCUT2D eigenvalue weighted by atomic mass is 10.3. The van der Waals surface area contributed by atoms with Crippen LogP contribution < -0.4 is 10.6 Å². The van der Waals surface area contributed by atoms with Crippen LogP contribution in [0, 0.1) is 6.92 Å². The van der Waals surface area contributed by atoms with Crippen LogP contribution in [0.25, 0.3) is 0 Å². The van der Waals surface area contributed by atoms with Gasteiger partial charge in [-0.1, -0.05) is 15.9 Å². The molecule has 1 heterocycles. The third kappa shape index (κ3) is 5.32. The molecule has 5 nitrogen and oxygen atoms in total. The van der Waals surface area contributed by atoms with Crippen LogP contribution in [0.4, 0.5) is 17.5 Å². The summed E-state index contributed by atoms with van der Waals surface area (Å²) < 4.78 is 1.05. The van der Waals surface area contributed by atoms with E-state index in [4.69, 9.17) is 0 Å². The van der Waals surface area contributed by atoms with Crippen molar-refractivity contribution in [2.24, 2.45) is 0 Å². The lowest BCUT2D eigenvalue weighted by Crippen LogP contribution is -2.21. The van der Waals surface area contributed by atoms with Gasteiger partial charge in [0.05, 0.1) is 0 Å². The molecule has 1 aromatic carbocycles. The summed E-state index contributed by atoms with van der Waals surface area (Å²) in [6.07, 6.45) is 0. The fourth-order valence-corrected chi connectivity index (χ4v) is 2.05. The van der Waals surface area contributed by atoms with Crippen LogP contribution in [0.3, 0.4) is 0 Å². The van der Waals surface area contributed by atoms with E-state index in [0.717, 1.165) is 34.8 Å². The number of aromatic nitrogens is 2. The van der Waals surface area contributed by atoms with Gasteiger partial charge in [-0.25, -0.2) is 4.98 Å². The maximum atomic E-state index is 4.48. The standard InChI is InChI=1S/C15H20BrN5/c1-11-10-14(17-8-9-21(2)3)20-15(18-11)19-13-6-4-12(16)5-7-13/h4-7,10H,8-9H2,1-3H3,(H2,17,18,19,20). The predicted molar refractivity (Wildman–Crippen MR) is 91.2 cm³/mol.